The molecule has 2 heteroatoms. The summed E-state index contributed by atoms with van der Waals surface area (Å²) in [5, 5.41) is 0.928. The van der Waals surface area contributed by atoms with Gasteiger partial charge in [0.1, 0.15) is 0 Å². The highest BCUT2D eigenvalue weighted by Crippen LogP contribution is 2.42. The Morgan fingerprint density at radius 2 is 0.804 bits per heavy atom. The molecular weight excluding hydrogens is 677 g/mol. The first-order chi connectivity index (χ1) is 32.0. The lowest BCUT2D eigenvalue weighted by Crippen LogP contribution is -1.94. The molecule has 9 aromatic carbocycles. The van der Waals surface area contributed by atoms with E-state index in [1.165, 1.54) is 4.57 Å². The highest BCUT2D eigenvalue weighted by Gasteiger charge is 2.19. The lowest BCUT2D eigenvalue weighted by molar-refractivity contribution is 1.18. The van der Waals surface area contributed by atoms with Crippen LogP contribution in [-0.2, 0) is 0 Å². The number of rotatable bonds is 6. The molecule has 0 spiro atoms. The molecule has 11 aromatic rings. The van der Waals surface area contributed by atoms with Gasteiger partial charge in [-0.2, -0.15) is 0 Å². The number of hydrogen-bond acceptors (Lipinski definition) is 0. The van der Waals surface area contributed by atoms with Gasteiger partial charge in [0.25, 0.3) is 0 Å². The fourth-order valence-electron chi connectivity index (χ4n) is 7.92. The number of hydrogen-bond donors (Lipinski definition) is 0. The molecule has 0 atom stereocenters. The summed E-state index contributed by atoms with van der Waals surface area (Å²) in [4.78, 5) is 0. The molecule has 0 fully saturated rings. The van der Waals surface area contributed by atoms with Crippen molar-refractivity contribution in [2.24, 2.45) is 0 Å². The van der Waals surface area contributed by atoms with Gasteiger partial charge in [-0.1, -0.05) is 158 Å². The molecule has 0 aliphatic heterocycles. The minimum absolute atomic E-state index is 0.0197. The topological polar surface area (TPSA) is 9.86 Å². The molecule has 0 aliphatic carbocycles. The number of nitrogens with zero attached hydrogens (tertiary/aromatic N) is 2. The molecule has 0 saturated heterocycles. The second-order valence-corrected chi connectivity index (χ2v) is 13.7. The average molecular weight is 723 g/mol. The summed E-state index contributed by atoms with van der Waals surface area (Å²) in [6.07, 6.45) is 0. The summed E-state index contributed by atoms with van der Waals surface area (Å²) >= 11 is 0. The van der Waals surface area contributed by atoms with E-state index in [0.29, 0.717) is 33.2 Å². The predicted octanol–water partition coefficient (Wildman–Crippen LogP) is 14.5. The van der Waals surface area contributed by atoms with Crippen molar-refractivity contribution < 1.29 is 13.7 Å². The fourth-order valence-corrected chi connectivity index (χ4v) is 7.92. The lowest BCUT2D eigenvalue weighted by Gasteiger charge is -2.11. The van der Waals surface area contributed by atoms with Gasteiger partial charge in [-0.15, -0.1) is 0 Å². The summed E-state index contributed by atoms with van der Waals surface area (Å²) in [6.45, 7) is 0. The van der Waals surface area contributed by atoms with E-state index in [-0.39, 0.29) is 57.1 Å². The van der Waals surface area contributed by atoms with E-state index in [1.54, 1.807) is 6.07 Å². The summed E-state index contributed by atoms with van der Waals surface area (Å²) < 4.78 is 98.4. The Bertz CT molecular complexity index is 3810. The summed E-state index contributed by atoms with van der Waals surface area (Å²) in [7, 11) is 0. The number of para-hydroxylation sites is 1. The zero-order chi connectivity index (χ0) is 45.7. The van der Waals surface area contributed by atoms with E-state index in [1.807, 2.05) is 156 Å². The second-order valence-electron chi connectivity index (χ2n) is 13.7. The van der Waals surface area contributed by atoms with Gasteiger partial charge < -0.3 is 9.13 Å². The van der Waals surface area contributed by atoms with Gasteiger partial charge in [0.2, 0.25) is 0 Å². The minimum Gasteiger partial charge on any atom is -0.309 e. The Morgan fingerprint density at radius 3 is 1.43 bits per heavy atom. The van der Waals surface area contributed by atoms with Crippen molar-refractivity contribution in [3.8, 4) is 55.9 Å². The molecule has 0 amide bonds. The standard InChI is InChI=1S/C54H36N2/c1-4-15-37(16-5-1)40-21-12-23-44(33-40)55-50-27-11-10-25-47(50)48-35-42(29-31-51(48)55)43-30-32-52-49(36-43)54-46(39-19-8-3-9-20-39)26-14-28-53(54)56(52)45-24-13-22-41(34-45)38-17-6-2-7-18-38/h1-36H/i10D,11D,25D,27D,29D,30D,31D,32D,35D,36D. The van der Waals surface area contributed by atoms with Crippen molar-refractivity contribution in [1.82, 2.24) is 9.13 Å². The number of fused-ring (bicyclic) bond motifs is 6. The minimum atomic E-state index is -0.526. The molecule has 0 radical (unpaired) electrons. The van der Waals surface area contributed by atoms with Crippen LogP contribution in [-0.4, -0.2) is 9.13 Å². The summed E-state index contributed by atoms with van der Waals surface area (Å²) in [6, 6.07) is 46.3. The Labute approximate surface area is 339 Å². The normalized spacial score (nSPS) is 14.1. The average Bonchev–Trinajstić information content (AvgIpc) is 3.91. The molecule has 11 rings (SSSR count). The molecule has 2 nitrogen and oxygen atoms in total. The van der Waals surface area contributed by atoms with E-state index in [0.717, 1.165) is 33.4 Å². The van der Waals surface area contributed by atoms with Crippen LogP contribution in [0.2, 0.25) is 0 Å². The van der Waals surface area contributed by atoms with Crippen molar-refractivity contribution >= 4 is 43.6 Å². The molecule has 0 unspecified atom stereocenters. The maximum Gasteiger partial charge on any atom is 0.0645 e. The predicted molar refractivity (Wildman–Crippen MR) is 237 cm³/mol. The van der Waals surface area contributed by atoms with Crippen LogP contribution in [0.5, 0.6) is 0 Å². The fraction of sp³-hybridized carbons (Fsp3) is 0. The van der Waals surface area contributed by atoms with Crippen molar-refractivity contribution in [2.45, 2.75) is 0 Å². The van der Waals surface area contributed by atoms with Crippen molar-refractivity contribution in [1.29, 1.82) is 0 Å². The van der Waals surface area contributed by atoms with Crippen LogP contribution in [0.3, 0.4) is 0 Å². The zero-order valence-corrected chi connectivity index (χ0v) is 29.9. The van der Waals surface area contributed by atoms with Gasteiger partial charge in [0.15, 0.2) is 0 Å². The smallest absolute Gasteiger partial charge is 0.0645 e. The SMILES string of the molecule is [2H]c1c([2H])c([2H])c2c(c1[2H])c1c([2H])c(-c3c([2H])c([2H])c4c(c3[2H])c3c(-c5ccccc5)cccc3n4-c3cccc(-c4ccccc4)c3)c([2H])c([2H])c1n2-c1cccc(-c2ccccc2)c1. The highest BCUT2D eigenvalue weighted by molar-refractivity contribution is 6.17. The lowest BCUT2D eigenvalue weighted by atomic mass is 9.97. The molecule has 0 bridgehead atoms. The Kier molecular flexibility index (Phi) is 5.49. The maximum absolute atomic E-state index is 10.2. The van der Waals surface area contributed by atoms with Crippen LogP contribution in [0, 0.1) is 0 Å². The van der Waals surface area contributed by atoms with Crippen LogP contribution in [0.1, 0.15) is 13.7 Å². The van der Waals surface area contributed by atoms with Crippen LogP contribution in [0.25, 0.3) is 99.5 Å². The van der Waals surface area contributed by atoms with Gasteiger partial charge in [-0.25, -0.2) is 0 Å². The molecule has 0 N–H and O–H groups in total. The van der Waals surface area contributed by atoms with Crippen LogP contribution in [0.15, 0.2) is 218 Å². The summed E-state index contributed by atoms with van der Waals surface area (Å²) in [5.74, 6) is 0. The van der Waals surface area contributed by atoms with Gasteiger partial charge in [-0.3, -0.25) is 0 Å². The second kappa shape index (κ2) is 13.2. The van der Waals surface area contributed by atoms with Gasteiger partial charge in [-0.05, 0) is 105 Å². The Morgan fingerprint density at radius 1 is 0.321 bits per heavy atom. The van der Waals surface area contributed by atoms with Crippen molar-refractivity contribution in [2.75, 3.05) is 0 Å². The van der Waals surface area contributed by atoms with E-state index >= 15 is 0 Å². The third-order valence-corrected chi connectivity index (χ3v) is 10.5. The van der Waals surface area contributed by atoms with E-state index < -0.39 is 36.3 Å². The largest absolute Gasteiger partial charge is 0.309 e. The zero-order valence-electron chi connectivity index (χ0n) is 39.9. The summed E-state index contributed by atoms with van der Waals surface area (Å²) in [5.41, 5.74) is 7.01. The first kappa shape index (κ1) is 23.4. The molecular formula is C54H36N2. The molecule has 0 aliphatic rings. The highest BCUT2D eigenvalue weighted by atomic mass is 15.0. The van der Waals surface area contributed by atoms with Crippen LogP contribution in [0.4, 0.5) is 0 Å². The van der Waals surface area contributed by atoms with Crippen molar-refractivity contribution in [3.63, 3.8) is 0 Å². The third-order valence-electron chi connectivity index (χ3n) is 10.5. The number of aromatic nitrogens is 2. The molecule has 2 aromatic heterocycles. The van der Waals surface area contributed by atoms with E-state index in [4.69, 9.17) is 2.74 Å². The molecule has 262 valence electrons. The van der Waals surface area contributed by atoms with Gasteiger partial charge in [0.05, 0.1) is 35.8 Å². The first-order valence-corrected chi connectivity index (χ1v) is 18.5. The number of benzene rings is 9. The van der Waals surface area contributed by atoms with Gasteiger partial charge >= 0.3 is 0 Å². The quantitative estimate of drug-likeness (QED) is 0.162. The molecule has 2 heterocycles. The Balaban J connectivity index is 1.27. The van der Waals surface area contributed by atoms with Crippen LogP contribution < -0.4 is 0 Å². The van der Waals surface area contributed by atoms with E-state index in [2.05, 4.69) is 0 Å². The molecule has 0 saturated carbocycles. The molecule has 56 heavy (non-hydrogen) atoms. The first-order valence-electron chi connectivity index (χ1n) is 23.5. The van der Waals surface area contributed by atoms with Gasteiger partial charge in [0, 0.05) is 32.9 Å². The Hall–Kier alpha value is -7.42. The monoisotopic (exact) mass is 722 g/mol. The van der Waals surface area contributed by atoms with E-state index in [9.17, 15) is 11.0 Å². The third kappa shape index (κ3) is 5.26. The maximum atomic E-state index is 10.2. The van der Waals surface area contributed by atoms with Crippen LogP contribution >= 0.6 is 0 Å². The van der Waals surface area contributed by atoms with Crippen molar-refractivity contribution in [3.05, 3.63) is 218 Å².